The number of rotatable bonds is 4. The first-order valence-electron chi connectivity index (χ1n) is 6.83. The van der Waals surface area contributed by atoms with Gasteiger partial charge in [-0.05, 0) is 25.0 Å². The van der Waals surface area contributed by atoms with E-state index in [-0.39, 0.29) is 12.0 Å². The SMILES string of the molecule is O=C(NCCn1c(=O)oc2cc(Cl)ccc21)[C@@H]1CCCO1. The molecule has 2 aromatic rings. The van der Waals surface area contributed by atoms with Gasteiger partial charge in [0.05, 0.1) is 5.52 Å². The van der Waals surface area contributed by atoms with Crippen LogP contribution in [0.4, 0.5) is 0 Å². The molecule has 1 aromatic heterocycles. The molecule has 1 aliphatic rings. The second-order valence-electron chi connectivity index (χ2n) is 4.92. The summed E-state index contributed by atoms with van der Waals surface area (Å²) in [5, 5.41) is 3.28. The second-order valence-corrected chi connectivity index (χ2v) is 5.36. The van der Waals surface area contributed by atoms with Crippen LogP contribution in [0.25, 0.3) is 11.1 Å². The van der Waals surface area contributed by atoms with Crippen LogP contribution in [0, 0.1) is 0 Å². The number of aromatic nitrogens is 1. The van der Waals surface area contributed by atoms with Gasteiger partial charge in [0.25, 0.3) is 0 Å². The Kier molecular flexibility index (Phi) is 3.98. The van der Waals surface area contributed by atoms with Gasteiger partial charge in [0.15, 0.2) is 5.58 Å². The molecule has 1 amide bonds. The Morgan fingerprint density at radius 3 is 3.10 bits per heavy atom. The van der Waals surface area contributed by atoms with Gasteiger partial charge >= 0.3 is 5.76 Å². The summed E-state index contributed by atoms with van der Waals surface area (Å²) in [6, 6.07) is 5.02. The van der Waals surface area contributed by atoms with Crippen LogP contribution in [0.5, 0.6) is 0 Å². The Labute approximate surface area is 125 Å². The first-order valence-corrected chi connectivity index (χ1v) is 7.21. The normalized spacial score (nSPS) is 18.2. The number of hydrogen-bond acceptors (Lipinski definition) is 4. The number of nitrogens with one attached hydrogen (secondary N) is 1. The van der Waals surface area contributed by atoms with Gasteiger partial charge in [-0.15, -0.1) is 0 Å². The highest BCUT2D eigenvalue weighted by atomic mass is 35.5. The molecule has 0 saturated carbocycles. The van der Waals surface area contributed by atoms with Crippen molar-refractivity contribution >= 4 is 28.6 Å². The van der Waals surface area contributed by atoms with E-state index in [4.69, 9.17) is 20.8 Å². The lowest BCUT2D eigenvalue weighted by molar-refractivity contribution is -0.130. The van der Waals surface area contributed by atoms with E-state index in [1.807, 2.05) is 0 Å². The molecular formula is C14H15ClN2O4. The maximum atomic E-state index is 11.8. The third-order valence-corrected chi connectivity index (χ3v) is 3.72. The predicted molar refractivity (Wildman–Crippen MR) is 77.5 cm³/mol. The van der Waals surface area contributed by atoms with Crippen LogP contribution in [-0.2, 0) is 16.1 Å². The van der Waals surface area contributed by atoms with Gasteiger partial charge in [-0.3, -0.25) is 9.36 Å². The topological polar surface area (TPSA) is 73.5 Å². The number of carbonyl (C=O) groups excluding carboxylic acids is 1. The van der Waals surface area contributed by atoms with E-state index in [2.05, 4.69) is 5.32 Å². The average Bonchev–Trinajstić information content (AvgIpc) is 3.07. The Balaban J connectivity index is 1.66. The Morgan fingerprint density at radius 1 is 1.48 bits per heavy atom. The molecule has 1 aromatic carbocycles. The zero-order chi connectivity index (χ0) is 14.8. The molecule has 21 heavy (non-hydrogen) atoms. The summed E-state index contributed by atoms with van der Waals surface area (Å²) in [5.74, 6) is -0.588. The van der Waals surface area contributed by atoms with E-state index < -0.39 is 5.76 Å². The van der Waals surface area contributed by atoms with Crippen LogP contribution < -0.4 is 11.1 Å². The maximum Gasteiger partial charge on any atom is 0.420 e. The lowest BCUT2D eigenvalue weighted by Crippen LogP contribution is -2.36. The second kappa shape index (κ2) is 5.91. The standard InChI is InChI=1S/C14H15ClN2O4/c15-9-3-4-10-12(8-9)21-14(19)17(10)6-5-16-13(18)11-2-1-7-20-11/h3-4,8,11H,1-2,5-7H2,(H,16,18)/t11-/m0/s1. The fraction of sp³-hybridized carbons (Fsp3) is 0.429. The van der Waals surface area contributed by atoms with Gasteiger partial charge in [-0.25, -0.2) is 4.79 Å². The molecule has 7 heteroatoms. The highest BCUT2D eigenvalue weighted by Gasteiger charge is 2.23. The number of fused-ring (bicyclic) bond motifs is 1. The summed E-state index contributed by atoms with van der Waals surface area (Å²) >= 11 is 5.86. The maximum absolute atomic E-state index is 11.8. The largest absolute Gasteiger partial charge is 0.420 e. The third kappa shape index (κ3) is 2.96. The summed E-state index contributed by atoms with van der Waals surface area (Å²) < 4.78 is 11.9. The van der Waals surface area contributed by atoms with Crippen molar-refractivity contribution in [1.29, 1.82) is 0 Å². The quantitative estimate of drug-likeness (QED) is 0.929. The number of nitrogens with zero attached hydrogens (tertiary/aromatic N) is 1. The van der Waals surface area contributed by atoms with E-state index in [1.54, 1.807) is 18.2 Å². The van der Waals surface area contributed by atoms with E-state index >= 15 is 0 Å². The molecule has 1 atom stereocenters. The molecule has 0 aliphatic carbocycles. The molecule has 1 fully saturated rings. The number of benzene rings is 1. The molecule has 112 valence electrons. The van der Waals surface area contributed by atoms with Crippen LogP contribution >= 0.6 is 11.6 Å². The van der Waals surface area contributed by atoms with Crippen molar-refractivity contribution in [2.75, 3.05) is 13.2 Å². The molecule has 2 heterocycles. The minimum absolute atomic E-state index is 0.128. The molecule has 1 N–H and O–H groups in total. The highest BCUT2D eigenvalue weighted by molar-refractivity contribution is 6.31. The van der Waals surface area contributed by atoms with Crippen molar-refractivity contribution in [3.63, 3.8) is 0 Å². The fourth-order valence-corrected chi connectivity index (χ4v) is 2.60. The number of halogens is 1. The van der Waals surface area contributed by atoms with Crippen LogP contribution in [0.2, 0.25) is 5.02 Å². The summed E-state index contributed by atoms with van der Waals surface area (Å²) in [7, 11) is 0. The highest BCUT2D eigenvalue weighted by Crippen LogP contribution is 2.18. The minimum Gasteiger partial charge on any atom is -0.408 e. The molecule has 3 rings (SSSR count). The zero-order valence-corrected chi connectivity index (χ0v) is 12.1. The summed E-state index contributed by atoms with van der Waals surface area (Å²) in [6.45, 7) is 1.31. The van der Waals surface area contributed by atoms with Crippen molar-refractivity contribution in [1.82, 2.24) is 9.88 Å². The lowest BCUT2D eigenvalue weighted by atomic mass is 10.2. The first-order chi connectivity index (χ1) is 10.1. The fourth-order valence-electron chi connectivity index (χ4n) is 2.44. The minimum atomic E-state index is -0.460. The van der Waals surface area contributed by atoms with Crippen molar-refractivity contribution in [2.45, 2.75) is 25.5 Å². The van der Waals surface area contributed by atoms with Crippen LogP contribution in [0.1, 0.15) is 12.8 Å². The van der Waals surface area contributed by atoms with Crippen LogP contribution in [0.15, 0.2) is 27.4 Å². The molecule has 0 bridgehead atoms. The zero-order valence-electron chi connectivity index (χ0n) is 11.3. The van der Waals surface area contributed by atoms with Crippen LogP contribution in [0.3, 0.4) is 0 Å². The molecule has 0 radical (unpaired) electrons. The lowest BCUT2D eigenvalue weighted by Gasteiger charge is -2.10. The summed E-state index contributed by atoms with van der Waals surface area (Å²) in [4.78, 5) is 23.6. The van der Waals surface area contributed by atoms with Gasteiger partial charge in [-0.1, -0.05) is 11.6 Å². The molecular weight excluding hydrogens is 296 g/mol. The third-order valence-electron chi connectivity index (χ3n) is 3.49. The van der Waals surface area contributed by atoms with E-state index in [0.29, 0.717) is 35.8 Å². The van der Waals surface area contributed by atoms with Gasteiger partial charge in [0.2, 0.25) is 5.91 Å². The van der Waals surface area contributed by atoms with Crippen molar-refractivity contribution in [3.8, 4) is 0 Å². The van der Waals surface area contributed by atoms with Crippen LogP contribution in [-0.4, -0.2) is 29.7 Å². The Morgan fingerprint density at radius 2 is 2.33 bits per heavy atom. The van der Waals surface area contributed by atoms with Crippen molar-refractivity contribution < 1.29 is 13.9 Å². The smallest absolute Gasteiger partial charge is 0.408 e. The van der Waals surface area contributed by atoms with Gasteiger partial charge in [0, 0.05) is 30.8 Å². The van der Waals surface area contributed by atoms with Gasteiger partial charge in [-0.2, -0.15) is 0 Å². The first kappa shape index (κ1) is 14.2. The number of carbonyl (C=O) groups is 1. The molecule has 0 unspecified atom stereocenters. The number of amides is 1. The number of hydrogen-bond donors (Lipinski definition) is 1. The van der Waals surface area contributed by atoms with E-state index in [9.17, 15) is 9.59 Å². The molecule has 1 aliphatic heterocycles. The van der Waals surface area contributed by atoms with E-state index in [1.165, 1.54) is 4.57 Å². The van der Waals surface area contributed by atoms with Crippen molar-refractivity contribution in [2.24, 2.45) is 0 Å². The van der Waals surface area contributed by atoms with Crippen molar-refractivity contribution in [3.05, 3.63) is 33.8 Å². The average molecular weight is 311 g/mol. The number of ether oxygens (including phenoxy) is 1. The van der Waals surface area contributed by atoms with Gasteiger partial charge < -0.3 is 14.5 Å². The molecule has 6 nitrogen and oxygen atoms in total. The van der Waals surface area contributed by atoms with Gasteiger partial charge in [0.1, 0.15) is 6.10 Å². The molecule has 1 saturated heterocycles. The number of oxazole rings is 1. The molecule has 0 spiro atoms. The Hall–Kier alpha value is -1.79. The Bertz CT molecular complexity index is 715. The summed E-state index contributed by atoms with van der Waals surface area (Å²) in [6.07, 6.45) is 1.30. The summed E-state index contributed by atoms with van der Waals surface area (Å²) in [5.41, 5.74) is 1.11. The monoisotopic (exact) mass is 310 g/mol. The predicted octanol–water partition coefficient (Wildman–Crippen LogP) is 1.54. The van der Waals surface area contributed by atoms with E-state index in [0.717, 1.165) is 12.8 Å².